The van der Waals surface area contributed by atoms with Crippen molar-refractivity contribution >= 4 is 10.0 Å². The first-order valence-electron chi connectivity index (χ1n) is 6.25. The molecule has 1 aliphatic rings. The van der Waals surface area contributed by atoms with E-state index in [0.717, 1.165) is 12.1 Å². The number of nitrogens with zero attached hydrogens (tertiary/aromatic N) is 1. The van der Waals surface area contributed by atoms with Gasteiger partial charge in [0, 0.05) is 26.7 Å². The lowest BCUT2D eigenvalue weighted by atomic mass is 9.93. The highest BCUT2D eigenvalue weighted by molar-refractivity contribution is 7.89. The van der Waals surface area contributed by atoms with Crippen LogP contribution in [0, 0.1) is 0 Å². The summed E-state index contributed by atoms with van der Waals surface area (Å²) in [5.74, 6) is 0. The molecule has 0 bridgehead atoms. The minimum Gasteiger partial charge on any atom is -0.310 e. The van der Waals surface area contributed by atoms with Gasteiger partial charge in [-0.25, -0.2) is 12.7 Å². The molecule has 4 nitrogen and oxygen atoms in total. The Morgan fingerprint density at radius 1 is 1.22 bits per heavy atom. The maximum absolute atomic E-state index is 11.9. The predicted octanol–water partition coefficient (Wildman–Crippen LogP) is 1.58. The van der Waals surface area contributed by atoms with Gasteiger partial charge in [-0.1, -0.05) is 18.6 Å². The average molecular weight is 268 g/mol. The van der Waals surface area contributed by atoms with E-state index in [0.29, 0.717) is 10.9 Å². The third-order valence-electron chi connectivity index (χ3n) is 3.40. The van der Waals surface area contributed by atoms with Crippen LogP contribution in [0.5, 0.6) is 0 Å². The average Bonchev–Trinajstić information content (AvgIpc) is 2.27. The van der Waals surface area contributed by atoms with E-state index < -0.39 is 10.0 Å². The number of benzene rings is 1. The molecule has 0 saturated heterocycles. The normalized spacial score (nSPS) is 16.8. The molecular formula is C13H20N2O2S. The third-order valence-corrected chi connectivity index (χ3v) is 5.23. The van der Waals surface area contributed by atoms with Gasteiger partial charge in [0.2, 0.25) is 10.0 Å². The van der Waals surface area contributed by atoms with Crippen LogP contribution in [-0.4, -0.2) is 32.9 Å². The SMILES string of the molecule is CN(C)S(=O)(=O)c1ccc(CNC2CCC2)cc1. The van der Waals surface area contributed by atoms with Gasteiger partial charge in [-0.3, -0.25) is 0 Å². The molecule has 1 aromatic carbocycles. The molecule has 1 fully saturated rings. The lowest BCUT2D eigenvalue weighted by Gasteiger charge is -2.26. The highest BCUT2D eigenvalue weighted by Gasteiger charge is 2.18. The molecule has 18 heavy (non-hydrogen) atoms. The van der Waals surface area contributed by atoms with E-state index in [1.165, 1.54) is 23.6 Å². The van der Waals surface area contributed by atoms with Gasteiger partial charge in [0.05, 0.1) is 4.90 Å². The summed E-state index contributed by atoms with van der Waals surface area (Å²) in [7, 11) is -0.219. The van der Waals surface area contributed by atoms with Crippen LogP contribution >= 0.6 is 0 Å². The van der Waals surface area contributed by atoms with Crippen molar-refractivity contribution in [1.29, 1.82) is 0 Å². The van der Waals surface area contributed by atoms with Crippen molar-refractivity contribution in [3.05, 3.63) is 29.8 Å². The Bertz CT molecular complexity index is 490. The van der Waals surface area contributed by atoms with Crippen LogP contribution in [0.15, 0.2) is 29.2 Å². The van der Waals surface area contributed by atoms with Gasteiger partial charge in [-0.15, -0.1) is 0 Å². The van der Waals surface area contributed by atoms with Gasteiger partial charge >= 0.3 is 0 Å². The van der Waals surface area contributed by atoms with Crippen LogP contribution in [0.3, 0.4) is 0 Å². The zero-order chi connectivity index (χ0) is 13.2. The molecule has 2 rings (SSSR count). The fourth-order valence-electron chi connectivity index (χ4n) is 1.86. The molecule has 0 radical (unpaired) electrons. The summed E-state index contributed by atoms with van der Waals surface area (Å²) in [6.07, 6.45) is 3.83. The molecule has 0 heterocycles. The highest BCUT2D eigenvalue weighted by Crippen LogP contribution is 2.19. The Hall–Kier alpha value is -0.910. The maximum Gasteiger partial charge on any atom is 0.242 e. The molecular weight excluding hydrogens is 248 g/mol. The number of rotatable bonds is 5. The van der Waals surface area contributed by atoms with E-state index in [1.807, 2.05) is 12.1 Å². The topological polar surface area (TPSA) is 49.4 Å². The van der Waals surface area contributed by atoms with Crippen molar-refractivity contribution in [2.24, 2.45) is 0 Å². The molecule has 1 aliphatic carbocycles. The molecule has 5 heteroatoms. The lowest BCUT2D eigenvalue weighted by Crippen LogP contribution is -2.34. The third kappa shape index (κ3) is 2.91. The molecule has 0 amide bonds. The minimum absolute atomic E-state index is 0.347. The second-order valence-electron chi connectivity index (χ2n) is 4.94. The molecule has 0 aromatic heterocycles. The number of nitrogens with one attached hydrogen (secondary N) is 1. The largest absolute Gasteiger partial charge is 0.310 e. The van der Waals surface area contributed by atoms with Gasteiger partial charge < -0.3 is 5.32 Å². The van der Waals surface area contributed by atoms with E-state index in [9.17, 15) is 8.42 Å². The quantitative estimate of drug-likeness (QED) is 0.882. The molecule has 1 saturated carbocycles. The number of hydrogen-bond acceptors (Lipinski definition) is 3. The summed E-state index contributed by atoms with van der Waals surface area (Å²) in [6, 6.07) is 7.75. The predicted molar refractivity (Wildman–Crippen MR) is 71.8 cm³/mol. The molecule has 0 aliphatic heterocycles. The zero-order valence-electron chi connectivity index (χ0n) is 10.9. The van der Waals surface area contributed by atoms with Crippen LogP contribution in [0.2, 0.25) is 0 Å². The summed E-state index contributed by atoms with van der Waals surface area (Å²) in [4.78, 5) is 0.347. The van der Waals surface area contributed by atoms with E-state index in [2.05, 4.69) is 5.32 Å². The van der Waals surface area contributed by atoms with Crippen molar-refractivity contribution in [3.63, 3.8) is 0 Å². The van der Waals surface area contributed by atoms with Crippen molar-refractivity contribution < 1.29 is 8.42 Å². The molecule has 1 aromatic rings. The maximum atomic E-state index is 11.9. The standard InChI is InChI=1S/C13H20N2O2S/c1-15(2)18(16,17)13-8-6-11(7-9-13)10-14-12-4-3-5-12/h6-9,12,14H,3-5,10H2,1-2H3. The molecule has 100 valence electrons. The van der Waals surface area contributed by atoms with Crippen molar-refractivity contribution in [2.45, 2.75) is 36.7 Å². The molecule has 1 N–H and O–H groups in total. The zero-order valence-corrected chi connectivity index (χ0v) is 11.7. The van der Waals surface area contributed by atoms with Crippen molar-refractivity contribution in [3.8, 4) is 0 Å². The van der Waals surface area contributed by atoms with Crippen LogP contribution in [0.4, 0.5) is 0 Å². The summed E-state index contributed by atoms with van der Waals surface area (Å²) in [6.45, 7) is 0.812. The van der Waals surface area contributed by atoms with Crippen molar-refractivity contribution in [1.82, 2.24) is 9.62 Å². The van der Waals surface area contributed by atoms with Crippen LogP contribution in [0.25, 0.3) is 0 Å². The summed E-state index contributed by atoms with van der Waals surface area (Å²) in [5.41, 5.74) is 1.12. The lowest BCUT2D eigenvalue weighted by molar-refractivity contribution is 0.338. The first kappa shape index (κ1) is 13.5. The number of sulfonamides is 1. The van der Waals surface area contributed by atoms with E-state index in [4.69, 9.17) is 0 Å². The van der Waals surface area contributed by atoms with Crippen LogP contribution < -0.4 is 5.32 Å². The first-order chi connectivity index (χ1) is 8.50. The highest BCUT2D eigenvalue weighted by atomic mass is 32.2. The summed E-state index contributed by atoms with van der Waals surface area (Å²) < 4.78 is 25.0. The Balaban J connectivity index is 2.00. The summed E-state index contributed by atoms with van der Waals surface area (Å²) in [5, 5.41) is 3.46. The number of hydrogen-bond donors (Lipinski definition) is 1. The van der Waals surface area contributed by atoms with Crippen LogP contribution in [0.1, 0.15) is 24.8 Å². The summed E-state index contributed by atoms with van der Waals surface area (Å²) >= 11 is 0. The Morgan fingerprint density at radius 3 is 2.28 bits per heavy atom. The van der Waals surface area contributed by atoms with Crippen LogP contribution in [-0.2, 0) is 16.6 Å². The van der Waals surface area contributed by atoms with Crippen molar-refractivity contribution in [2.75, 3.05) is 14.1 Å². The monoisotopic (exact) mass is 268 g/mol. The first-order valence-corrected chi connectivity index (χ1v) is 7.69. The fraction of sp³-hybridized carbons (Fsp3) is 0.538. The van der Waals surface area contributed by atoms with Gasteiger partial charge in [-0.05, 0) is 30.5 Å². The molecule has 0 atom stereocenters. The molecule has 0 spiro atoms. The van der Waals surface area contributed by atoms with Gasteiger partial charge in [0.15, 0.2) is 0 Å². The minimum atomic E-state index is -3.31. The van der Waals surface area contributed by atoms with Gasteiger partial charge in [0.25, 0.3) is 0 Å². The second kappa shape index (κ2) is 5.38. The second-order valence-corrected chi connectivity index (χ2v) is 7.09. The van der Waals surface area contributed by atoms with E-state index >= 15 is 0 Å². The Morgan fingerprint density at radius 2 is 1.83 bits per heavy atom. The molecule has 0 unspecified atom stereocenters. The van der Waals surface area contributed by atoms with Gasteiger partial charge in [0.1, 0.15) is 0 Å². The van der Waals surface area contributed by atoms with Gasteiger partial charge in [-0.2, -0.15) is 0 Å². The van der Waals surface area contributed by atoms with E-state index in [1.54, 1.807) is 26.2 Å². The van der Waals surface area contributed by atoms with E-state index in [-0.39, 0.29) is 0 Å². The smallest absolute Gasteiger partial charge is 0.242 e. The Labute approximate surface area is 109 Å². The fourth-order valence-corrected chi connectivity index (χ4v) is 2.77. The Kier molecular flexibility index (Phi) is 4.04.